The van der Waals surface area contributed by atoms with Gasteiger partial charge >= 0.3 is 11.9 Å². The fraction of sp³-hybridized carbons (Fsp3) is 0.526. The smallest absolute Gasteiger partial charge is 0.337 e. The van der Waals surface area contributed by atoms with Crippen LogP contribution in [0.5, 0.6) is 0 Å². The van der Waals surface area contributed by atoms with E-state index >= 15 is 0 Å². The summed E-state index contributed by atoms with van der Waals surface area (Å²) < 4.78 is 10.7. The van der Waals surface area contributed by atoms with E-state index in [1.165, 1.54) is 13.8 Å². The maximum Gasteiger partial charge on any atom is 0.337 e. The van der Waals surface area contributed by atoms with Crippen LogP contribution in [0.1, 0.15) is 40.0 Å². The molecule has 7 nitrogen and oxygen atoms in total. The Morgan fingerprint density at radius 3 is 2.65 bits per heavy atom. The first-order valence-electron chi connectivity index (χ1n) is 8.41. The number of rotatable bonds is 3. The molecule has 7 heteroatoms. The second kappa shape index (κ2) is 7.55. The second-order valence-electron chi connectivity index (χ2n) is 7.01. The van der Waals surface area contributed by atoms with E-state index in [-0.39, 0.29) is 29.6 Å². The third-order valence-corrected chi connectivity index (χ3v) is 4.60. The summed E-state index contributed by atoms with van der Waals surface area (Å²) in [7, 11) is 0. The fourth-order valence-corrected chi connectivity index (χ4v) is 3.04. The topological polar surface area (TPSA) is 110 Å². The van der Waals surface area contributed by atoms with Crippen molar-refractivity contribution in [2.45, 2.75) is 57.8 Å². The van der Waals surface area contributed by atoms with E-state index in [9.17, 15) is 24.6 Å². The van der Waals surface area contributed by atoms with E-state index < -0.39 is 42.1 Å². The van der Waals surface area contributed by atoms with Crippen LogP contribution in [-0.2, 0) is 23.9 Å². The molecule has 1 aliphatic heterocycles. The van der Waals surface area contributed by atoms with E-state index in [2.05, 4.69) is 6.58 Å². The van der Waals surface area contributed by atoms with Crippen molar-refractivity contribution < 1.29 is 34.1 Å². The number of carbonyl (C=O) groups excluding carboxylic acids is 3. The molecule has 3 unspecified atom stereocenters. The van der Waals surface area contributed by atoms with Gasteiger partial charge in [0.2, 0.25) is 0 Å². The molecule has 2 aliphatic rings. The molecule has 3 atom stereocenters. The Morgan fingerprint density at radius 2 is 2.08 bits per heavy atom. The number of carbonyl (C=O) groups is 3. The van der Waals surface area contributed by atoms with Gasteiger partial charge in [0.05, 0.1) is 12.2 Å². The van der Waals surface area contributed by atoms with Gasteiger partial charge in [-0.15, -0.1) is 0 Å². The summed E-state index contributed by atoms with van der Waals surface area (Å²) in [5.74, 6) is -1.83. The maximum absolute atomic E-state index is 12.4. The normalized spacial score (nSPS) is 29.7. The lowest BCUT2D eigenvalue weighted by molar-refractivity contribution is -0.150. The van der Waals surface area contributed by atoms with Gasteiger partial charge in [-0.3, -0.25) is 4.79 Å². The number of ether oxygens (including phenoxy) is 2. The van der Waals surface area contributed by atoms with Crippen LogP contribution in [0, 0.1) is 0 Å². The second-order valence-corrected chi connectivity index (χ2v) is 7.01. The molecule has 0 saturated carbocycles. The molecule has 0 amide bonds. The highest BCUT2D eigenvalue weighted by atomic mass is 16.6. The Bertz CT molecular complexity index is 711. The van der Waals surface area contributed by atoms with Gasteiger partial charge in [-0.05, 0) is 33.3 Å². The Labute approximate surface area is 152 Å². The molecule has 2 N–H and O–H groups in total. The first kappa shape index (κ1) is 20.1. The molecule has 0 aromatic carbocycles. The molecule has 0 saturated heterocycles. The molecule has 26 heavy (non-hydrogen) atoms. The minimum Gasteiger partial charge on any atom is -0.454 e. The average molecular weight is 364 g/mol. The lowest BCUT2D eigenvalue weighted by atomic mass is 9.84. The van der Waals surface area contributed by atoms with Gasteiger partial charge in [-0.2, -0.15) is 0 Å². The predicted octanol–water partition coefficient (Wildman–Crippen LogP) is 1.14. The van der Waals surface area contributed by atoms with Gasteiger partial charge in [0.1, 0.15) is 17.8 Å². The Balaban J connectivity index is 2.58. The predicted molar refractivity (Wildman–Crippen MR) is 91.9 cm³/mol. The summed E-state index contributed by atoms with van der Waals surface area (Å²) in [6.45, 7) is 7.51. The van der Waals surface area contributed by atoms with E-state index in [0.717, 1.165) is 5.57 Å². The minimum atomic E-state index is -1.76. The molecular formula is C19H24O7. The van der Waals surface area contributed by atoms with Crippen LogP contribution < -0.4 is 0 Å². The largest absolute Gasteiger partial charge is 0.454 e. The fourth-order valence-electron chi connectivity index (χ4n) is 3.04. The Hall–Kier alpha value is -2.25. The Morgan fingerprint density at radius 1 is 1.42 bits per heavy atom. The van der Waals surface area contributed by atoms with Crippen LogP contribution in [0.25, 0.3) is 0 Å². The Kier molecular flexibility index (Phi) is 5.83. The zero-order valence-corrected chi connectivity index (χ0v) is 15.2. The maximum atomic E-state index is 12.4. The van der Waals surface area contributed by atoms with Crippen molar-refractivity contribution in [3.63, 3.8) is 0 Å². The van der Waals surface area contributed by atoms with Crippen LogP contribution in [-0.4, -0.2) is 52.4 Å². The highest BCUT2D eigenvalue weighted by Crippen LogP contribution is 2.35. The number of hydrogen-bond acceptors (Lipinski definition) is 7. The highest BCUT2D eigenvalue weighted by Gasteiger charge is 2.43. The summed E-state index contributed by atoms with van der Waals surface area (Å²) in [5, 5.41) is 20.2. The molecule has 0 fully saturated rings. The van der Waals surface area contributed by atoms with Crippen molar-refractivity contribution in [3.05, 3.63) is 34.9 Å². The lowest BCUT2D eigenvalue weighted by Gasteiger charge is -2.30. The molecule has 0 radical (unpaired) electrons. The average Bonchev–Trinajstić information content (AvgIpc) is 2.85. The summed E-state index contributed by atoms with van der Waals surface area (Å²) >= 11 is 0. The molecule has 1 heterocycles. The van der Waals surface area contributed by atoms with Crippen molar-refractivity contribution in [2.75, 3.05) is 6.61 Å². The quantitative estimate of drug-likeness (QED) is 0.439. The summed E-state index contributed by atoms with van der Waals surface area (Å²) in [5.41, 5.74) is -0.617. The summed E-state index contributed by atoms with van der Waals surface area (Å²) in [6, 6.07) is 0. The number of Topliss-reactive ketones (excluding diaryl/α,β-unsaturated/α-hetero) is 1. The minimum absolute atomic E-state index is 0.0256. The molecule has 0 aromatic heterocycles. The molecule has 2 rings (SSSR count). The van der Waals surface area contributed by atoms with E-state index in [1.54, 1.807) is 13.0 Å². The van der Waals surface area contributed by atoms with Crippen molar-refractivity contribution in [1.82, 2.24) is 0 Å². The number of fused-ring (bicyclic) bond motifs is 1. The molecular weight excluding hydrogens is 340 g/mol. The monoisotopic (exact) mass is 364 g/mol. The zero-order valence-electron chi connectivity index (χ0n) is 15.2. The number of ketones is 1. The van der Waals surface area contributed by atoms with Gasteiger partial charge in [-0.1, -0.05) is 12.2 Å². The standard InChI is InChI=1S/C19H24O7/c1-10(2)17(22)26-14-8-19(4,24)15(21)6-5-11(3)7-13-16(14)12(9-20)18(23)25-13/h7,13-14,20,24H,1,5-6,8-9H2,2-4H3. The van der Waals surface area contributed by atoms with Crippen LogP contribution in [0.15, 0.2) is 34.9 Å². The highest BCUT2D eigenvalue weighted by molar-refractivity contribution is 5.94. The van der Waals surface area contributed by atoms with Crippen molar-refractivity contribution in [3.8, 4) is 0 Å². The van der Waals surface area contributed by atoms with Crippen LogP contribution in [0.4, 0.5) is 0 Å². The van der Waals surface area contributed by atoms with Crippen LogP contribution >= 0.6 is 0 Å². The molecule has 0 aromatic rings. The van der Waals surface area contributed by atoms with Crippen molar-refractivity contribution in [2.24, 2.45) is 0 Å². The first-order valence-corrected chi connectivity index (χ1v) is 8.41. The van der Waals surface area contributed by atoms with E-state index in [0.29, 0.717) is 6.42 Å². The summed E-state index contributed by atoms with van der Waals surface area (Å²) in [6.07, 6.45) is 0.00828. The number of aliphatic hydroxyl groups is 2. The van der Waals surface area contributed by atoms with E-state index in [4.69, 9.17) is 9.47 Å². The van der Waals surface area contributed by atoms with Crippen molar-refractivity contribution >= 4 is 17.7 Å². The molecule has 142 valence electrons. The van der Waals surface area contributed by atoms with Gasteiger partial charge < -0.3 is 19.7 Å². The van der Waals surface area contributed by atoms with Gasteiger partial charge in [0.15, 0.2) is 5.78 Å². The SMILES string of the molecule is C=C(C)C(=O)OC1CC(C)(O)C(=O)CCC(C)=CC2OC(=O)C(CO)=C21. The van der Waals surface area contributed by atoms with Gasteiger partial charge in [0, 0.05) is 24.0 Å². The van der Waals surface area contributed by atoms with Crippen molar-refractivity contribution in [1.29, 1.82) is 0 Å². The van der Waals surface area contributed by atoms with Crippen LogP contribution in [0.2, 0.25) is 0 Å². The van der Waals surface area contributed by atoms with E-state index in [1.807, 2.05) is 0 Å². The van der Waals surface area contributed by atoms with Gasteiger partial charge in [0.25, 0.3) is 0 Å². The lowest BCUT2D eigenvalue weighted by Crippen LogP contribution is -2.42. The number of esters is 2. The third-order valence-electron chi connectivity index (χ3n) is 4.60. The number of allylic oxidation sites excluding steroid dienone is 1. The molecule has 1 aliphatic carbocycles. The molecule has 0 bridgehead atoms. The number of hydrogen-bond donors (Lipinski definition) is 2. The van der Waals surface area contributed by atoms with Crippen LogP contribution in [0.3, 0.4) is 0 Å². The van der Waals surface area contributed by atoms with Gasteiger partial charge in [-0.25, -0.2) is 9.59 Å². The first-order chi connectivity index (χ1) is 12.1. The zero-order chi connectivity index (χ0) is 19.6. The summed E-state index contributed by atoms with van der Waals surface area (Å²) in [4.78, 5) is 36.6. The third kappa shape index (κ3) is 4.11. The molecule has 0 spiro atoms. The number of aliphatic hydroxyl groups excluding tert-OH is 1.